The van der Waals surface area contributed by atoms with Gasteiger partial charge in [0.25, 0.3) is 0 Å². The number of hydrogen-bond donors (Lipinski definition) is 1. The highest BCUT2D eigenvalue weighted by molar-refractivity contribution is 7.19. The molecule has 0 aliphatic carbocycles. The minimum Gasteiger partial charge on any atom is -0.326 e. The molecule has 0 bridgehead atoms. The first-order valence-corrected chi connectivity index (χ1v) is 10.6. The second-order valence-corrected chi connectivity index (χ2v) is 8.55. The first kappa shape index (κ1) is 16.8. The molecule has 5 heterocycles. The molecule has 1 aliphatic heterocycles. The van der Waals surface area contributed by atoms with Crippen molar-refractivity contribution < 1.29 is 4.90 Å². The van der Waals surface area contributed by atoms with E-state index in [4.69, 9.17) is 4.98 Å². The van der Waals surface area contributed by atoms with E-state index in [1.165, 1.54) is 21.4 Å². The second kappa shape index (κ2) is 6.72. The van der Waals surface area contributed by atoms with E-state index in [0.29, 0.717) is 5.82 Å². The first-order valence-electron chi connectivity index (χ1n) is 9.79. The Morgan fingerprint density at radius 3 is 2.90 bits per heavy atom. The topological polar surface area (TPSA) is 60.4 Å². The van der Waals surface area contributed by atoms with Gasteiger partial charge in [0.15, 0.2) is 11.5 Å². The summed E-state index contributed by atoms with van der Waals surface area (Å²) in [4.78, 5) is 17.8. The van der Waals surface area contributed by atoms with E-state index in [0.717, 1.165) is 42.1 Å². The van der Waals surface area contributed by atoms with Gasteiger partial charge in [0.05, 0.1) is 16.8 Å². The Hall–Kier alpha value is -3.16. The molecule has 1 atom stereocenters. The Labute approximate surface area is 171 Å². The number of rotatable bonds is 3. The van der Waals surface area contributed by atoms with Crippen LogP contribution in [-0.4, -0.2) is 31.1 Å². The molecule has 0 fully saturated rings. The van der Waals surface area contributed by atoms with Crippen LogP contribution in [0.25, 0.3) is 27.3 Å². The molecule has 0 radical (unpaired) electrons. The van der Waals surface area contributed by atoms with Gasteiger partial charge in [0.1, 0.15) is 24.2 Å². The number of nitrogens with one attached hydrogen (secondary N) is 1. The smallest absolute Gasteiger partial charge is 0.183 e. The van der Waals surface area contributed by atoms with Crippen molar-refractivity contribution in [1.82, 2.24) is 24.6 Å². The highest BCUT2D eigenvalue weighted by atomic mass is 32.1. The minimum absolute atomic E-state index is 0.694. The van der Waals surface area contributed by atoms with Crippen molar-refractivity contribution in [3.8, 4) is 11.4 Å². The van der Waals surface area contributed by atoms with E-state index < -0.39 is 0 Å². The van der Waals surface area contributed by atoms with Gasteiger partial charge in [-0.15, -0.1) is 16.4 Å². The monoisotopic (exact) mass is 399 g/mol. The maximum atomic E-state index is 4.85. The molecule has 1 N–H and O–H groups in total. The number of thiophene rings is 1. The zero-order valence-electron chi connectivity index (χ0n) is 15.7. The molecule has 142 valence electrons. The zero-order valence-corrected chi connectivity index (χ0v) is 16.6. The first-order chi connectivity index (χ1) is 14.3. The van der Waals surface area contributed by atoms with Crippen molar-refractivity contribution >= 4 is 27.2 Å². The SMILES string of the molecule is c1ccc(C[NH+]2CCc3c(sc4ncn5nc(-c6cccnc6)nc5c34)C2)cc1. The van der Waals surface area contributed by atoms with Crippen LogP contribution in [0.15, 0.2) is 61.2 Å². The fourth-order valence-electron chi connectivity index (χ4n) is 4.18. The van der Waals surface area contributed by atoms with Crippen LogP contribution in [0.5, 0.6) is 0 Å². The number of fused-ring (bicyclic) bond motifs is 5. The largest absolute Gasteiger partial charge is 0.326 e. The molecule has 5 aromatic rings. The van der Waals surface area contributed by atoms with E-state index in [-0.39, 0.29) is 0 Å². The maximum Gasteiger partial charge on any atom is 0.183 e. The van der Waals surface area contributed by atoms with Crippen LogP contribution in [0.1, 0.15) is 16.0 Å². The Morgan fingerprint density at radius 1 is 1.10 bits per heavy atom. The predicted octanol–water partition coefficient (Wildman–Crippen LogP) is 2.54. The third-order valence-corrected chi connectivity index (χ3v) is 6.71. The molecule has 1 aromatic carbocycles. The van der Waals surface area contributed by atoms with Gasteiger partial charge >= 0.3 is 0 Å². The van der Waals surface area contributed by atoms with Crippen molar-refractivity contribution in [1.29, 1.82) is 0 Å². The molecule has 29 heavy (non-hydrogen) atoms. The molecule has 1 aliphatic rings. The van der Waals surface area contributed by atoms with E-state index in [1.807, 2.05) is 23.5 Å². The van der Waals surface area contributed by atoms with Gasteiger partial charge in [0.2, 0.25) is 0 Å². The number of benzene rings is 1. The summed E-state index contributed by atoms with van der Waals surface area (Å²) in [6, 6.07) is 14.6. The van der Waals surface area contributed by atoms with Crippen LogP contribution in [0, 0.1) is 0 Å². The molecule has 6 nitrogen and oxygen atoms in total. The van der Waals surface area contributed by atoms with Gasteiger partial charge in [-0.05, 0) is 17.7 Å². The van der Waals surface area contributed by atoms with E-state index in [1.54, 1.807) is 28.1 Å². The van der Waals surface area contributed by atoms with Gasteiger partial charge < -0.3 is 4.90 Å². The summed E-state index contributed by atoms with van der Waals surface area (Å²) in [6.45, 7) is 3.23. The lowest BCUT2D eigenvalue weighted by Crippen LogP contribution is -3.10. The lowest BCUT2D eigenvalue weighted by Gasteiger charge is -2.24. The molecule has 0 saturated heterocycles. The van der Waals surface area contributed by atoms with Crippen LogP contribution in [0.4, 0.5) is 0 Å². The summed E-state index contributed by atoms with van der Waals surface area (Å²) < 4.78 is 1.81. The van der Waals surface area contributed by atoms with Crippen molar-refractivity contribution in [2.75, 3.05) is 6.54 Å². The lowest BCUT2D eigenvalue weighted by molar-refractivity contribution is -0.929. The summed E-state index contributed by atoms with van der Waals surface area (Å²) in [7, 11) is 0. The summed E-state index contributed by atoms with van der Waals surface area (Å²) in [5.41, 5.74) is 4.63. The predicted molar refractivity (Wildman–Crippen MR) is 113 cm³/mol. The van der Waals surface area contributed by atoms with Gasteiger partial charge in [-0.25, -0.2) is 14.5 Å². The van der Waals surface area contributed by atoms with E-state index in [9.17, 15) is 0 Å². The average molecular weight is 400 g/mol. The van der Waals surface area contributed by atoms with Gasteiger partial charge in [0, 0.05) is 29.9 Å². The number of nitrogens with zero attached hydrogens (tertiary/aromatic N) is 5. The van der Waals surface area contributed by atoms with Crippen molar-refractivity contribution in [2.24, 2.45) is 0 Å². The maximum absolute atomic E-state index is 4.85. The lowest BCUT2D eigenvalue weighted by atomic mass is 10.0. The third kappa shape index (κ3) is 2.90. The number of hydrogen-bond acceptors (Lipinski definition) is 5. The number of quaternary nitrogens is 1. The minimum atomic E-state index is 0.694. The van der Waals surface area contributed by atoms with E-state index >= 15 is 0 Å². The molecule has 6 rings (SSSR count). The molecule has 1 unspecified atom stereocenters. The summed E-state index contributed by atoms with van der Waals surface area (Å²) in [5.74, 6) is 0.694. The summed E-state index contributed by atoms with van der Waals surface area (Å²) in [5, 5.41) is 5.81. The Bertz CT molecular complexity index is 1310. The number of pyridine rings is 1. The quantitative estimate of drug-likeness (QED) is 0.507. The highest BCUT2D eigenvalue weighted by Gasteiger charge is 2.26. The van der Waals surface area contributed by atoms with Crippen LogP contribution in [-0.2, 0) is 19.5 Å². The summed E-state index contributed by atoms with van der Waals surface area (Å²) in [6.07, 6.45) is 6.39. The molecular formula is C22H19N6S+. The van der Waals surface area contributed by atoms with Gasteiger partial charge in [-0.3, -0.25) is 4.98 Å². The van der Waals surface area contributed by atoms with Crippen LogP contribution in [0.2, 0.25) is 0 Å². The van der Waals surface area contributed by atoms with Crippen LogP contribution in [0.3, 0.4) is 0 Å². The molecule has 0 amide bonds. The molecule has 7 heteroatoms. The Morgan fingerprint density at radius 2 is 2.03 bits per heavy atom. The fourth-order valence-corrected chi connectivity index (χ4v) is 5.43. The molecule has 0 saturated carbocycles. The molecular weight excluding hydrogens is 380 g/mol. The molecule has 0 spiro atoms. The van der Waals surface area contributed by atoms with Crippen LogP contribution < -0.4 is 4.90 Å². The van der Waals surface area contributed by atoms with Crippen molar-refractivity contribution in [3.05, 3.63) is 77.2 Å². The van der Waals surface area contributed by atoms with Crippen molar-refractivity contribution in [2.45, 2.75) is 19.5 Å². The zero-order chi connectivity index (χ0) is 19.2. The Kier molecular flexibility index (Phi) is 3.88. The average Bonchev–Trinajstić information content (AvgIpc) is 3.36. The third-order valence-electron chi connectivity index (χ3n) is 5.57. The highest BCUT2D eigenvalue weighted by Crippen LogP contribution is 2.34. The van der Waals surface area contributed by atoms with Crippen molar-refractivity contribution in [3.63, 3.8) is 0 Å². The van der Waals surface area contributed by atoms with E-state index in [2.05, 4.69) is 45.4 Å². The normalized spacial score (nSPS) is 16.3. The van der Waals surface area contributed by atoms with Gasteiger partial charge in [-0.1, -0.05) is 30.3 Å². The number of aromatic nitrogens is 5. The van der Waals surface area contributed by atoms with Crippen LogP contribution >= 0.6 is 11.3 Å². The Balaban J connectivity index is 1.40. The second-order valence-electron chi connectivity index (χ2n) is 7.46. The fraction of sp³-hybridized carbons (Fsp3) is 0.182. The molecule has 4 aromatic heterocycles. The standard InChI is InChI=1S/C22H18N6S/c1-2-5-15(6-3-1)12-27-10-8-17-18(13-27)29-22-19(17)21-25-20(26-28(21)14-24-22)16-7-4-9-23-11-16/h1-7,9,11,14H,8,10,12-13H2/p+1. The summed E-state index contributed by atoms with van der Waals surface area (Å²) >= 11 is 1.81. The van der Waals surface area contributed by atoms with Gasteiger partial charge in [-0.2, -0.15) is 0 Å².